The summed E-state index contributed by atoms with van der Waals surface area (Å²) in [4.78, 5) is 24.3. The van der Waals surface area contributed by atoms with Gasteiger partial charge in [0.15, 0.2) is 18.1 Å². The average Bonchev–Trinajstić information content (AvgIpc) is 2.81. The highest BCUT2D eigenvalue weighted by Gasteiger charge is 2.13. The standard InChI is InChI=1S/C24H20BrClN2O5/c1-2-31-22-13-16(3-12-21(22)33-24(30)17-4-6-18(25)7-5-17)14-27-28-23(29)15-32-20-10-8-19(26)9-11-20/h3-14H,2,15H2,1H3,(H,28,29)/b27-14+. The number of benzene rings is 3. The van der Waals surface area contributed by atoms with Crippen molar-refractivity contribution in [3.63, 3.8) is 0 Å². The van der Waals surface area contributed by atoms with Crippen LogP contribution in [-0.2, 0) is 4.79 Å². The minimum atomic E-state index is -0.502. The summed E-state index contributed by atoms with van der Waals surface area (Å²) < 4.78 is 17.3. The Hall–Kier alpha value is -3.36. The molecule has 0 aliphatic carbocycles. The molecule has 0 spiro atoms. The number of carbonyl (C=O) groups excluding carboxylic acids is 2. The van der Waals surface area contributed by atoms with E-state index in [1.54, 1.807) is 66.7 Å². The molecule has 3 aromatic rings. The molecule has 3 aromatic carbocycles. The van der Waals surface area contributed by atoms with E-state index in [0.717, 1.165) is 4.47 Å². The van der Waals surface area contributed by atoms with Crippen molar-refractivity contribution in [2.45, 2.75) is 6.92 Å². The second-order valence-corrected chi connectivity index (χ2v) is 7.92. The Kier molecular flexibility index (Phi) is 8.86. The molecule has 0 aliphatic rings. The topological polar surface area (TPSA) is 86.2 Å². The highest BCUT2D eigenvalue weighted by Crippen LogP contribution is 2.29. The van der Waals surface area contributed by atoms with Gasteiger partial charge in [-0.3, -0.25) is 4.79 Å². The number of esters is 1. The van der Waals surface area contributed by atoms with E-state index in [-0.39, 0.29) is 12.4 Å². The molecular weight excluding hydrogens is 512 g/mol. The van der Waals surface area contributed by atoms with Crippen molar-refractivity contribution in [3.8, 4) is 17.2 Å². The number of carbonyl (C=O) groups is 2. The number of hydrogen-bond donors (Lipinski definition) is 1. The van der Waals surface area contributed by atoms with Gasteiger partial charge in [-0.1, -0.05) is 27.5 Å². The Bertz CT molecular complexity index is 1130. The second-order valence-electron chi connectivity index (χ2n) is 6.57. The van der Waals surface area contributed by atoms with Gasteiger partial charge in [0.2, 0.25) is 0 Å². The lowest BCUT2D eigenvalue weighted by atomic mass is 10.2. The molecule has 0 fully saturated rings. The van der Waals surface area contributed by atoms with Gasteiger partial charge >= 0.3 is 5.97 Å². The van der Waals surface area contributed by atoms with Crippen LogP contribution in [0.1, 0.15) is 22.8 Å². The summed E-state index contributed by atoms with van der Waals surface area (Å²) in [5, 5.41) is 4.50. The van der Waals surface area contributed by atoms with Gasteiger partial charge in [-0.25, -0.2) is 10.2 Å². The van der Waals surface area contributed by atoms with Gasteiger partial charge in [0.25, 0.3) is 5.91 Å². The van der Waals surface area contributed by atoms with E-state index in [9.17, 15) is 9.59 Å². The van der Waals surface area contributed by atoms with E-state index < -0.39 is 11.9 Å². The van der Waals surface area contributed by atoms with Crippen LogP contribution in [0.5, 0.6) is 17.2 Å². The molecule has 1 N–H and O–H groups in total. The van der Waals surface area contributed by atoms with Crippen LogP contribution in [-0.4, -0.2) is 31.3 Å². The largest absolute Gasteiger partial charge is 0.490 e. The molecule has 9 heteroatoms. The summed E-state index contributed by atoms with van der Waals surface area (Å²) in [5.41, 5.74) is 3.44. The molecule has 33 heavy (non-hydrogen) atoms. The van der Waals surface area contributed by atoms with Gasteiger partial charge < -0.3 is 14.2 Å². The first-order valence-electron chi connectivity index (χ1n) is 9.89. The fourth-order valence-corrected chi connectivity index (χ4v) is 2.98. The fraction of sp³-hybridized carbons (Fsp3) is 0.125. The normalized spacial score (nSPS) is 10.6. The average molecular weight is 532 g/mol. The van der Waals surface area contributed by atoms with Crippen LogP contribution in [0.4, 0.5) is 0 Å². The highest BCUT2D eigenvalue weighted by molar-refractivity contribution is 9.10. The molecule has 3 rings (SSSR count). The zero-order chi connectivity index (χ0) is 23.6. The number of ether oxygens (including phenoxy) is 3. The predicted octanol–water partition coefficient (Wildman–Crippen LogP) is 5.25. The third-order valence-corrected chi connectivity index (χ3v) is 4.92. The molecule has 0 aromatic heterocycles. The first kappa shape index (κ1) is 24.3. The van der Waals surface area contributed by atoms with Crippen LogP contribution in [0.3, 0.4) is 0 Å². The summed E-state index contributed by atoms with van der Waals surface area (Å²) in [6, 6.07) is 18.5. The zero-order valence-electron chi connectivity index (χ0n) is 17.6. The number of rotatable bonds is 9. The van der Waals surface area contributed by atoms with Crippen molar-refractivity contribution in [1.82, 2.24) is 5.43 Å². The molecule has 0 saturated carbocycles. The number of nitrogens with one attached hydrogen (secondary N) is 1. The second kappa shape index (κ2) is 12.0. The van der Waals surface area contributed by atoms with Gasteiger partial charge in [0.05, 0.1) is 18.4 Å². The Morgan fingerprint density at radius 2 is 1.73 bits per heavy atom. The molecule has 0 unspecified atom stereocenters. The van der Waals surface area contributed by atoms with Crippen LogP contribution in [0.15, 0.2) is 76.3 Å². The van der Waals surface area contributed by atoms with E-state index in [1.807, 2.05) is 6.92 Å². The van der Waals surface area contributed by atoms with E-state index in [4.69, 9.17) is 25.8 Å². The van der Waals surface area contributed by atoms with Crippen molar-refractivity contribution in [2.75, 3.05) is 13.2 Å². The smallest absolute Gasteiger partial charge is 0.343 e. The maximum Gasteiger partial charge on any atom is 0.343 e. The number of hydrogen-bond acceptors (Lipinski definition) is 6. The highest BCUT2D eigenvalue weighted by atomic mass is 79.9. The van der Waals surface area contributed by atoms with Gasteiger partial charge in [-0.05, 0) is 79.2 Å². The third-order valence-electron chi connectivity index (χ3n) is 4.14. The first-order valence-corrected chi connectivity index (χ1v) is 11.1. The molecule has 0 atom stereocenters. The van der Waals surface area contributed by atoms with Gasteiger partial charge in [-0.2, -0.15) is 5.10 Å². The molecule has 0 bridgehead atoms. The Labute approximate surface area is 204 Å². The molecule has 7 nitrogen and oxygen atoms in total. The van der Waals surface area contributed by atoms with Crippen LogP contribution in [0.2, 0.25) is 5.02 Å². The molecule has 170 valence electrons. The SMILES string of the molecule is CCOc1cc(/C=N/NC(=O)COc2ccc(Cl)cc2)ccc1OC(=O)c1ccc(Br)cc1. The first-order chi connectivity index (χ1) is 15.9. The Balaban J connectivity index is 1.58. The Morgan fingerprint density at radius 3 is 2.42 bits per heavy atom. The van der Waals surface area contributed by atoms with Crippen molar-refractivity contribution in [1.29, 1.82) is 0 Å². The quantitative estimate of drug-likeness (QED) is 0.176. The minimum absolute atomic E-state index is 0.200. The van der Waals surface area contributed by atoms with Crippen LogP contribution < -0.4 is 19.6 Å². The van der Waals surface area contributed by atoms with Crippen molar-refractivity contribution in [3.05, 3.63) is 87.4 Å². The van der Waals surface area contributed by atoms with E-state index in [0.29, 0.717) is 34.3 Å². The van der Waals surface area contributed by atoms with Gasteiger partial charge in [0.1, 0.15) is 5.75 Å². The summed E-state index contributed by atoms with van der Waals surface area (Å²) in [6.07, 6.45) is 1.45. The summed E-state index contributed by atoms with van der Waals surface area (Å²) in [5.74, 6) is 0.254. The summed E-state index contributed by atoms with van der Waals surface area (Å²) >= 11 is 9.14. The lowest BCUT2D eigenvalue weighted by Crippen LogP contribution is -2.24. The van der Waals surface area contributed by atoms with E-state index >= 15 is 0 Å². The number of halogens is 2. The lowest BCUT2D eigenvalue weighted by molar-refractivity contribution is -0.123. The van der Waals surface area contributed by atoms with Crippen LogP contribution >= 0.6 is 27.5 Å². The summed E-state index contributed by atoms with van der Waals surface area (Å²) in [6.45, 7) is 2.00. The van der Waals surface area contributed by atoms with E-state index in [1.165, 1.54) is 6.21 Å². The zero-order valence-corrected chi connectivity index (χ0v) is 19.9. The number of amides is 1. The lowest BCUT2D eigenvalue weighted by Gasteiger charge is -2.11. The summed E-state index contributed by atoms with van der Waals surface area (Å²) in [7, 11) is 0. The van der Waals surface area contributed by atoms with Crippen molar-refractivity contribution < 1.29 is 23.8 Å². The minimum Gasteiger partial charge on any atom is -0.490 e. The maximum absolute atomic E-state index is 12.4. The molecule has 0 aliphatic heterocycles. The van der Waals surface area contributed by atoms with Crippen LogP contribution in [0.25, 0.3) is 0 Å². The fourth-order valence-electron chi connectivity index (χ4n) is 2.59. The molecule has 1 amide bonds. The van der Waals surface area contributed by atoms with Gasteiger partial charge in [0, 0.05) is 9.50 Å². The molecule has 0 saturated heterocycles. The molecule has 0 radical (unpaired) electrons. The van der Waals surface area contributed by atoms with Crippen LogP contribution in [0, 0.1) is 0 Å². The maximum atomic E-state index is 12.4. The molecule has 0 heterocycles. The Morgan fingerprint density at radius 1 is 1.00 bits per heavy atom. The monoisotopic (exact) mass is 530 g/mol. The van der Waals surface area contributed by atoms with Gasteiger partial charge in [-0.15, -0.1) is 0 Å². The molecular formula is C24H20BrClN2O5. The number of nitrogens with zero attached hydrogens (tertiary/aromatic N) is 1. The number of hydrazone groups is 1. The van der Waals surface area contributed by atoms with Crippen molar-refractivity contribution in [2.24, 2.45) is 5.10 Å². The van der Waals surface area contributed by atoms with Crippen molar-refractivity contribution >= 4 is 45.6 Å². The third kappa shape index (κ3) is 7.62. The van der Waals surface area contributed by atoms with E-state index in [2.05, 4.69) is 26.5 Å². The predicted molar refractivity (Wildman–Crippen MR) is 129 cm³/mol.